The van der Waals surface area contributed by atoms with Gasteiger partial charge in [0.1, 0.15) is 0 Å². The number of rotatable bonds is 4. The van der Waals surface area contributed by atoms with E-state index in [-0.39, 0.29) is 6.04 Å². The van der Waals surface area contributed by atoms with Crippen molar-refractivity contribution >= 4 is 5.91 Å². The number of carbonyl (C=O) groups excluding carboxylic acids is 1. The highest BCUT2D eigenvalue weighted by atomic mass is 16.2. The van der Waals surface area contributed by atoms with Crippen LogP contribution in [-0.2, 0) is 4.79 Å². The summed E-state index contributed by atoms with van der Waals surface area (Å²) in [5.41, 5.74) is 0. The number of nitrogens with one attached hydrogen (secondary N) is 1. The van der Waals surface area contributed by atoms with Crippen LogP contribution < -0.4 is 5.32 Å². The van der Waals surface area contributed by atoms with Crippen molar-refractivity contribution in [1.29, 1.82) is 0 Å². The molecule has 0 aromatic carbocycles. The van der Waals surface area contributed by atoms with Crippen LogP contribution in [-0.4, -0.2) is 35.5 Å². The van der Waals surface area contributed by atoms with Crippen molar-refractivity contribution in [3.63, 3.8) is 0 Å². The predicted molar refractivity (Wildman–Crippen MR) is 74.4 cm³/mol. The monoisotopic (exact) mass is 252 g/mol. The van der Waals surface area contributed by atoms with Gasteiger partial charge in [-0.1, -0.05) is 19.8 Å². The lowest BCUT2D eigenvalue weighted by atomic mass is 9.85. The van der Waals surface area contributed by atoms with Crippen LogP contribution in [0.5, 0.6) is 0 Å². The number of nitrogens with zero attached hydrogens (tertiary/aromatic N) is 1. The van der Waals surface area contributed by atoms with Crippen LogP contribution in [0.4, 0.5) is 0 Å². The zero-order chi connectivity index (χ0) is 13.1. The fourth-order valence-electron chi connectivity index (χ4n) is 3.57. The van der Waals surface area contributed by atoms with Gasteiger partial charge in [-0.05, 0) is 45.4 Å². The van der Waals surface area contributed by atoms with Crippen LogP contribution in [0.25, 0.3) is 0 Å². The van der Waals surface area contributed by atoms with Crippen molar-refractivity contribution in [2.75, 3.05) is 6.54 Å². The minimum atomic E-state index is 0.0899. The number of hydrogen-bond donors (Lipinski definition) is 1. The topological polar surface area (TPSA) is 32.3 Å². The molecule has 0 aromatic rings. The second-order valence-electron chi connectivity index (χ2n) is 6.23. The molecule has 2 fully saturated rings. The Labute approximate surface area is 111 Å². The first-order chi connectivity index (χ1) is 8.63. The van der Waals surface area contributed by atoms with Crippen molar-refractivity contribution in [3.8, 4) is 0 Å². The van der Waals surface area contributed by atoms with E-state index in [9.17, 15) is 4.79 Å². The lowest BCUT2D eigenvalue weighted by molar-refractivity contribution is -0.134. The van der Waals surface area contributed by atoms with Crippen LogP contribution in [0, 0.1) is 5.92 Å². The fourth-order valence-corrected chi connectivity index (χ4v) is 3.57. The van der Waals surface area contributed by atoms with Gasteiger partial charge < -0.3 is 10.2 Å². The first-order valence-electron chi connectivity index (χ1n) is 7.70. The van der Waals surface area contributed by atoms with E-state index in [0.29, 0.717) is 18.0 Å². The van der Waals surface area contributed by atoms with Gasteiger partial charge in [0.05, 0.1) is 6.04 Å². The number of fused-ring (bicyclic) bond motifs is 1. The maximum atomic E-state index is 12.6. The number of amides is 1. The highest BCUT2D eigenvalue weighted by Crippen LogP contribution is 2.33. The Balaban J connectivity index is 1.96. The fraction of sp³-hybridized carbons (Fsp3) is 0.933. The van der Waals surface area contributed by atoms with Gasteiger partial charge in [0, 0.05) is 18.6 Å². The van der Waals surface area contributed by atoms with Gasteiger partial charge in [-0.2, -0.15) is 0 Å². The molecule has 1 saturated carbocycles. The molecule has 1 N–H and O–H groups in total. The molecule has 1 amide bonds. The number of carbonyl (C=O) groups is 1. The first-order valence-corrected chi connectivity index (χ1v) is 7.70. The summed E-state index contributed by atoms with van der Waals surface area (Å²) in [6.07, 6.45) is 7.38. The Kier molecular flexibility index (Phi) is 4.66. The molecule has 3 nitrogen and oxygen atoms in total. The van der Waals surface area contributed by atoms with Crippen LogP contribution in [0.15, 0.2) is 0 Å². The smallest absolute Gasteiger partial charge is 0.239 e. The Hall–Kier alpha value is -0.570. The Bertz CT molecular complexity index is 276. The van der Waals surface area contributed by atoms with Gasteiger partial charge in [-0.15, -0.1) is 0 Å². The third kappa shape index (κ3) is 2.87. The molecule has 0 spiro atoms. The van der Waals surface area contributed by atoms with Crippen molar-refractivity contribution in [3.05, 3.63) is 0 Å². The second-order valence-corrected chi connectivity index (χ2v) is 6.23. The van der Waals surface area contributed by atoms with Gasteiger partial charge in [0.25, 0.3) is 0 Å². The summed E-state index contributed by atoms with van der Waals surface area (Å²) in [5, 5.41) is 3.60. The second kappa shape index (κ2) is 6.05. The van der Waals surface area contributed by atoms with Gasteiger partial charge in [-0.25, -0.2) is 0 Å². The van der Waals surface area contributed by atoms with Gasteiger partial charge in [0.15, 0.2) is 0 Å². The van der Waals surface area contributed by atoms with Gasteiger partial charge in [-0.3, -0.25) is 4.79 Å². The average molecular weight is 252 g/mol. The zero-order valence-corrected chi connectivity index (χ0v) is 12.1. The highest BCUT2D eigenvalue weighted by molar-refractivity contribution is 5.82. The number of hydrogen-bond acceptors (Lipinski definition) is 2. The molecular weight excluding hydrogens is 224 g/mol. The largest absolute Gasteiger partial charge is 0.339 e. The Morgan fingerprint density at radius 3 is 2.67 bits per heavy atom. The lowest BCUT2D eigenvalue weighted by Crippen LogP contribution is -2.48. The Morgan fingerprint density at radius 1 is 1.33 bits per heavy atom. The standard InChI is InChI=1S/C15H28N2O/c1-4-9-17(11(2)3)15(18)14-10-12-7-5-6-8-13(12)16-14/h11-14,16H,4-10H2,1-3H3. The highest BCUT2D eigenvalue weighted by Gasteiger charge is 2.39. The Morgan fingerprint density at radius 2 is 2.06 bits per heavy atom. The SMILES string of the molecule is CCCN(C(=O)C1CC2CCCCC2N1)C(C)C. The lowest BCUT2D eigenvalue weighted by Gasteiger charge is -2.29. The minimum absolute atomic E-state index is 0.0899. The van der Waals surface area contributed by atoms with Crippen LogP contribution in [0.2, 0.25) is 0 Å². The normalized spacial score (nSPS) is 31.4. The molecule has 0 bridgehead atoms. The van der Waals surface area contributed by atoms with E-state index in [0.717, 1.165) is 25.3 Å². The average Bonchev–Trinajstić information content (AvgIpc) is 2.78. The van der Waals surface area contributed by atoms with Crippen LogP contribution in [0.3, 0.4) is 0 Å². The maximum Gasteiger partial charge on any atom is 0.239 e. The van der Waals surface area contributed by atoms with E-state index in [2.05, 4.69) is 31.0 Å². The van der Waals surface area contributed by atoms with E-state index >= 15 is 0 Å². The molecule has 1 aliphatic carbocycles. The molecule has 3 unspecified atom stereocenters. The first kappa shape index (κ1) is 13.9. The third-order valence-corrected chi connectivity index (χ3v) is 4.53. The molecule has 1 aliphatic heterocycles. The van der Waals surface area contributed by atoms with Crippen molar-refractivity contribution in [1.82, 2.24) is 10.2 Å². The molecule has 1 heterocycles. The molecule has 2 aliphatic rings. The predicted octanol–water partition coefficient (Wildman–Crippen LogP) is 2.55. The molecule has 3 heteroatoms. The van der Waals surface area contributed by atoms with E-state index in [1.807, 2.05) is 0 Å². The van der Waals surface area contributed by atoms with E-state index in [1.54, 1.807) is 0 Å². The molecule has 0 aromatic heterocycles. The van der Waals surface area contributed by atoms with Crippen LogP contribution >= 0.6 is 0 Å². The summed E-state index contributed by atoms with van der Waals surface area (Å²) in [4.78, 5) is 14.6. The van der Waals surface area contributed by atoms with Crippen molar-refractivity contribution < 1.29 is 4.79 Å². The molecule has 0 radical (unpaired) electrons. The van der Waals surface area contributed by atoms with Crippen LogP contribution in [0.1, 0.15) is 59.3 Å². The molecule has 104 valence electrons. The zero-order valence-electron chi connectivity index (χ0n) is 12.1. The minimum Gasteiger partial charge on any atom is -0.339 e. The quantitative estimate of drug-likeness (QED) is 0.834. The summed E-state index contributed by atoms with van der Waals surface area (Å²) < 4.78 is 0. The van der Waals surface area contributed by atoms with Crippen molar-refractivity contribution in [2.24, 2.45) is 5.92 Å². The summed E-state index contributed by atoms with van der Waals surface area (Å²) in [5.74, 6) is 1.09. The van der Waals surface area contributed by atoms with Gasteiger partial charge in [0.2, 0.25) is 5.91 Å². The summed E-state index contributed by atoms with van der Waals surface area (Å²) >= 11 is 0. The third-order valence-electron chi connectivity index (χ3n) is 4.53. The van der Waals surface area contributed by atoms with Crippen molar-refractivity contribution in [2.45, 2.75) is 77.4 Å². The molecule has 18 heavy (non-hydrogen) atoms. The molecule has 2 rings (SSSR count). The van der Waals surface area contributed by atoms with E-state index in [1.165, 1.54) is 25.7 Å². The van der Waals surface area contributed by atoms with E-state index < -0.39 is 0 Å². The summed E-state index contributed by atoms with van der Waals surface area (Å²) in [7, 11) is 0. The van der Waals surface area contributed by atoms with E-state index in [4.69, 9.17) is 0 Å². The maximum absolute atomic E-state index is 12.6. The molecule has 3 atom stereocenters. The molecule has 1 saturated heterocycles. The molecular formula is C15H28N2O. The van der Waals surface area contributed by atoms with Gasteiger partial charge >= 0.3 is 0 Å². The summed E-state index contributed by atoms with van der Waals surface area (Å²) in [6, 6.07) is 1.03. The summed E-state index contributed by atoms with van der Waals surface area (Å²) in [6.45, 7) is 7.28.